The molecular weight excluding hydrogens is 333 g/mol. The van der Waals surface area contributed by atoms with Crippen molar-refractivity contribution in [3.8, 4) is 11.1 Å². The smallest absolute Gasteiger partial charge is 0.225 e. The van der Waals surface area contributed by atoms with Crippen LogP contribution in [0.3, 0.4) is 0 Å². The maximum atomic E-state index is 13.3. The predicted molar refractivity (Wildman–Crippen MR) is 94.0 cm³/mol. The Kier molecular flexibility index (Phi) is 3.70. The predicted octanol–water partition coefficient (Wildman–Crippen LogP) is 5.06. The molecule has 0 N–H and O–H groups in total. The molecule has 0 radical (unpaired) electrons. The average molecular weight is 348 g/mol. The summed E-state index contributed by atoms with van der Waals surface area (Å²) in [6.07, 6.45) is 2.33. The van der Waals surface area contributed by atoms with E-state index in [2.05, 4.69) is 21.8 Å². The molecule has 1 aromatic carbocycles. The third kappa shape index (κ3) is 2.58. The third-order valence-corrected chi connectivity index (χ3v) is 5.39. The molecule has 1 saturated heterocycles. The van der Waals surface area contributed by atoms with E-state index in [0.717, 1.165) is 58.0 Å². The fourth-order valence-electron chi connectivity index (χ4n) is 3.19. The third-order valence-electron chi connectivity index (χ3n) is 4.22. The second-order valence-corrected chi connectivity index (χ2v) is 7.27. The first-order valence-electron chi connectivity index (χ1n) is 7.61. The van der Waals surface area contributed by atoms with Crippen molar-refractivity contribution in [1.29, 1.82) is 0 Å². The highest BCUT2D eigenvalue weighted by molar-refractivity contribution is 7.19. The Morgan fingerprint density at radius 3 is 2.52 bits per heavy atom. The summed E-state index contributed by atoms with van der Waals surface area (Å²) in [5, 5.41) is 1.32. The summed E-state index contributed by atoms with van der Waals surface area (Å²) < 4.78 is 13.3. The van der Waals surface area contributed by atoms with Crippen LogP contribution in [0.5, 0.6) is 0 Å². The zero-order valence-electron chi connectivity index (χ0n) is 12.6. The molecular formula is C17H15ClFN3S. The van der Waals surface area contributed by atoms with E-state index in [-0.39, 0.29) is 11.1 Å². The van der Waals surface area contributed by atoms with Crippen molar-refractivity contribution >= 4 is 39.0 Å². The van der Waals surface area contributed by atoms with Gasteiger partial charge in [0.05, 0.1) is 5.39 Å². The van der Waals surface area contributed by atoms with Gasteiger partial charge in [0.2, 0.25) is 5.28 Å². The maximum Gasteiger partial charge on any atom is 0.225 e. The number of aromatic nitrogens is 2. The molecule has 3 nitrogen and oxygen atoms in total. The van der Waals surface area contributed by atoms with Gasteiger partial charge in [0.25, 0.3) is 0 Å². The minimum Gasteiger partial charge on any atom is -0.356 e. The number of halogens is 2. The van der Waals surface area contributed by atoms with Gasteiger partial charge in [-0.05, 0) is 49.1 Å². The summed E-state index contributed by atoms with van der Waals surface area (Å²) in [5.41, 5.74) is 2.07. The van der Waals surface area contributed by atoms with Gasteiger partial charge < -0.3 is 4.90 Å². The lowest BCUT2D eigenvalue weighted by Crippen LogP contribution is -2.19. The molecule has 4 rings (SSSR count). The first-order chi connectivity index (χ1) is 11.1. The van der Waals surface area contributed by atoms with Crippen LogP contribution >= 0.6 is 22.9 Å². The minimum absolute atomic E-state index is 0.231. The number of anilines is 1. The molecule has 3 aromatic rings. The maximum absolute atomic E-state index is 13.3. The van der Waals surface area contributed by atoms with E-state index >= 15 is 0 Å². The molecule has 1 aliphatic rings. The Bertz CT molecular complexity index is 870. The van der Waals surface area contributed by atoms with Crippen molar-refractivity contribution in [2.75, 3.05) is 18.0 Å². The second kappa shape index (κ2) is 5.73. The van der Waals surface area contributed by atoms with Crippen LogP contribution in [0.2, 0.25) is 5.28 Å². The quantitative estimate of drug-likeness (QED) is 0.607. The molecule has 0 unspecified atom stereocenters. The van der Waals surface area contributed by atoms with Crippen molar-refractivity contribution < 1.29 is 4.39 Å². The van der Waals surface area contributed by atoms with Gasteiger partial charge in [0, 0.05) is 23.5 Å². The van der Waals surface area contributed by atoms with Gasteiger partial charge in [-0.25, -0.2) is 9.37 Å². The molecule has 1 fully saturated rings. The van der Waals surface area contributed by atoms with Gasteiger partial charge in [0.1, 0.15) is 16.5 Å². The number of nitrogens with zero attached hydrogens (tertiary/aromatic N) is 3. The fraction of sp³-hybridized carbons (Fsp3) is 0.294. The van der Waals surface area contributed by atoms with E-state index in [1.165, 1.54) is 12.1 Å². The lowest BCUT2D eigenvalue weighted by molar-refractivity contribution is 0.628. The molecule has 23 heavy (non-hydrogen) atoms. The summed E-state index contributed by atoms with van der Waals surface area (Å²) in [5.74, 6) is 0.672. The Morgan fingerprint density at radius 2 is 1.83 bits per heavy atom. The highest BCUT2D eigenvalue weighted by atomic mass is 35.5. The SMILES string of the molecule is Cc1sc2nc(Cl)nc(N3CCCC3)c2c1-c1ccc(F)cc1. The summed E-state index contributed by atoms with van der Waals surface area (Å²) in [6, 6.07) is 6.60. The summed E-state index contributed by atoms with van der Waals surface area (Å²) in [4.78, 5) is 13.2. The van der Waals surface area contributed by atoms with E-state index in [0.29, 0.717) is 0 Å². The molecule has 118 valence electrons. The Labute approximate surface area is 142 Å². The summed E-state index contributed by atoms with van der Waals surface area (Å²) in [6.45, 7) is 4.03. The van der Waals surface area contributed by atoms with Gasteiger partial charge in [0.15, 0.2) is 0 Å². The van der Waals surface area contributed by atoms with Crippen molar-refractivity contribution in [3.63, 3.8) is 0 Å². The summed E-state index contributed by atoms with van der Waals surface area (Å²) >= 11 is 7.75. The average Bonchev–Trinajstić information content (AvgIpc) is 3.14. The summed E-state index contributed by atoms with van der Waals surface area (Å²) in [7, 11) is 0. The number of benzene rings is 1. The first-order valence-corrected chi connectivity index (χ1v) is 8.80. The standard InChI is InChI=1S/C17H15ClFN3S/c1-10-13(11-4-6-12(19)7-5-11)14-15(22-8-2-3-9-22)20-17(18)21-16(14)23-10/h4-7H,2-3,8-9H2,1H3. The van der Waals surface area contributed by atoms with Gasteiger partial charge >= 0.3 is 0 Å². The van der Waals surface area contributed by atoms with E-state index in [9.17, 15) is 4.39 Å². The zero-order chi connectivity index (χ0) is 16.0. The molecule has 2 aromatic heterocycles. The number of hydrogen-bond acceptors (Lipinski definition) is 4. The normalized spacial score (nSPS) is 14.8. The van der Waals surface area contributed by atoms with Gasteiger partial charge in [-0.2, -0.15) is 4.98 Å². The molecule has 0 amide bonds. The van der Waals surface area contributed by atoms with Crippen LogP contribution in [-0.4, -0.2) is 23.1 Å². The Balaban J connectivity index is 2.00. The molecule has 3 heterocycles. The number of thiophene rings is 1. The van der Waals surface area contributed by atoms with Crippen LogP contribution in [-0.2, 0) is 0 Å². The van der Waals surface area contributed by atoms with E-state index in [1.54, 1.807) is 11.3 Å². The largest absolute Gasteiger partial charge is 0.356 e. The highest BCUT2D eigenvalue weighted by Gasteiger charge is 2.23. The topological polar surface area (TPSA) is 29.0 Å². The van der Waals surface area contributed by atoms with Crippen molar-refractivity contribution in [1.82, 2.24) is 9.97 Å². The van der Waals surface area contributed by atoms with Crippen LogP contribution in [0.15, 0.2) is 24.3 Å². The molecule has 0 aliphatic carbocycles. The van der Waals surface area contributed by atoms with Crippen LogP contribution in [0.25, 0.3) is 21.3 Å². The molecule has 0 spiro atoms. The van der Waals surface area contributed by atoms with Crippen LogP contribution in [0.4, 0.5) is 10.2 Å². The van der Waals surface area contributed by atoms with Crippen LogP contribution < -0.4 is 4.90 Å². The zero-order valence-corrected chi connectivity index (χ0v) is 14.2. The van der Waals surface area contributed by atoms with Gasteiger partial charge in [-0.15, -0.1) is 11.3 Å². The molecule has 6 heteroatoms. The number of rotatable bonds is 2. The lowest BCUT2D eigenvalue weighted by Gasteiger charge is -2.18. The number of aryl methyl sites for hydroxylation is 1. The van der Waals surface area contributed by atoms with Gasteiger partial charge in [-0.1, -0.05) is 12.1 Å². The van der Waals surface area contributed by atoms with E-state index in [1.807, 2.05) is 12.1 Å². The molecule has 0 saturated carbocycles. The van der Waals surface area contributed by atoms with Crippen LogP contribution in [0, 0.1) is 12.7 Å². The molecule has 0 atom stereocenters. The van der Waals surface area contributed by atoms with Crippen molar-refractivity contribution in [2.24, 2.45) is 0 Å². The monoisotopic (exact) mass is 347 g/mol. The highest BCUT2D eigenvalue weighted by Crippen LogP contribution is 2.42. The van der Waals surface area contributed by atoms with Gasteiger partial charge in [-0.3, -0.25) is 0 Å². The fourth-order valence-corrected chi connectivity index (χ4v) is 4.44. The minimum atomic E-state index is -0.231. The van der Waals surface area contributed by atoms with E-state index in [4.69, 9.17) is 11.6 Å². The number of hydrogen-bond donors (Lipinski definition) is 0. The Morgan fingerprint density at radius 1 is 1.13 bits per heavy atom. The Hall–Kier alpha value is -1.72. The second-order valence-electron chi connectivity index (χ2n) is 5.73. The van der Waals surface area contributed by atoms with Crippen molar-refractivity contribution in [2.45, 2.75) is 19.8 Å². The first kappa shape index (κ1) is 14.8. The molecule has 1 aliphatic heterocycles. The lowest BCUT2D eigenvalue weighted by atomic mass is 10.0. The van der Waals surface area contributed by atoms with Crippen LogP contribution in [0.1, 0.15) is 17.7 Å². The molecule has 0 bridgehead atoms. The van der Waals surface area contributed by atoms with E-state index < -0.39 is 0 Å². The van der Waals surface area contributed by atoms with Crippen molar-refractivity contribution in [3.05, 3.63) is 40.2 Å². The number of fused-ring (bicyclic) bond motifs is 1.